The summed E-state index contributed by atoms with van der Waals surface area (Å²) in [7, 11) is 1.54. The zero-order valence-electron chi connectivity index (χ0n) is 10.1. The van der Waals surface area contributed by atoms with Gasteiger partial charge in [-0.2, -0.15) is 0 Å². The van der Waals surface area contributed by atoms with Crippen molar-refractivity contribution < 1.29 is 14.3 Å². The maximum atomic E-state index is 11.7. The maximum absolute atomic E-state index is 11.7. The summed E-state index contributed by atoms with van der Waals surface area (Å²) in [5.74, 6) is -0.314. The van der Waals surface area contributed by atoms with Crippen LogP contribution < -0.4 is 4.74 Å². The van der Waals surface area contributed by atoms with Gasteiger partial charge >= 0.3 is 0 Å². The van der Waals surface area contributed by atoms with Crippen LogP contribution in [0.5, 0.6) is 5.75 Å². The second-order valence-electron chi connectivity index (χ2n) is 3.71. The Morgan fingerprint density at radius 1 is 1.41 bits per heavy atom. The van der Waals surface area contributed by atoms with Gasteiger partial charge < -0.3 is 4.74 Å². The van der Waals surface area contributed by atoms with Gasteiger partial charge in [0, 0.05) is 12.5 Å². The molecule has 0 aliphatic heterocycles. The molecule has 0 amide bonds. The summed E-state index contributed by atoms with van der Waals surface area (Å²) in [4.78, 5) is 22.1. The molecule has 4 heteroatoms. The molecule has 0 radical (unpaired) electrons. The van der Waals surface area contributed by atoms with Crippen molar-refractivity contribution >= 4 is 27.5 Å². The van der Waals surface area contributed by atoms with Crippen LogP contribution >= 0.6 is 15.9 Å². The zero-order valence-corrected chi connectivity index (χ0v) is 11.7. The maximum Gasteiger partial charge on any atom is 0.216 e. The topological polar surface area (TPSA) is 43.4 Å². The Kier molecular flexibility index (Phi) is 4.87. The lowest BCUT2D eigenvalue weighted by atomic mass is 10.0. The summed E-state index contributed by atoms with van der Waals surface area (Å²) in [6, 6.07) is 5.65. The van der Waals surface area contributed by atoms with Gasteiger partial charge in [-0.05, 0) is 18.1 Å². The normalized spacial score (nSPS) is 12.0. The van der Waals surface area contributed by atoms with Crippen LogP contribution in [0.3, 0.4) is 0 Å². The van der Waals surface area contributed by atoms with Gasteiger partial charge in [-0.15, -0.1) is 0 Å². The van der Waals surface area contributed by atoms with Crippen LogP contribution in [0, 0.1) is 0 Å². The molecule has 0 N–H and O–H groups in total. The number of hydrogen-bond donors (Lipinski definition) is 0. The van der Waals surface area contributed by atoms with E-state index in [1.165, 1.54) is 6.92 Å². The Morgan fingerprint density at radius 3 is 2.53 bits per heavy atom. The number of ketones is 2. The predicted molar refractivity (Wildman–Crippen MR) is 69.7 cm³/mol. The van der Waals surface area contributed by atoms with E-state index in [1.54, 1.807) is 7.11 Å². The van der Waals surface area contributed by atoms with Crippen molar-refractivity contribution in [1.29, 1.82) is 0 Å². The molecule has 0 aliphatic carbocycles. The molecule has 0 spiro atoms. The minimum atomic E-state index is -0.638. The van der Waals surface area contributed by atoms with Gasteiger partial charge in [0.15, 0.2) is 5.78 Å². The SMILES string of the molecule is CCc1ccc(OC)c(C(Br)C(=O)C(C)=O)c1. The van der Waals surface area contributed by atoms with Crippen LogP contribution in [0.2, 0.25) is 0 Å². The Hall–Kier alpha value is -1.16. The van der Waals surface area contributed by atoms with Crippen molar-refractivity contribution in [2.75, 3.05) is 7.11 Å². The molecule has 0 bridgehead atoms. The van der Waals surface area contributed by atoms with Gasteiger partial charge in [0.1, 0.15) is 10.6 Å². The molecule has 0 saturated heterocycles. The minimum absolute atomic E-state index is 0.462. The summed E-state index contributed by atoms with van der Waals surface area (Å²) >= 11 is 3.26. The molecular weight excluding hydrogens is 284 g/mol. The monoisotopic (exact) mass is 298 g/mol. The van der Waals surface area contributed by atoms with E-state index in [0.717, 1.165) is 12.0 Å². The molecule has 1 aromatic carbocycles. The number of carbonyl (C=O) groups is 2. The molecule has 3 nitrogen and oxygen atoms in total. The van der Waals surface area contributed by atoms with Crippen molar-refractivity contribution in [3.05, 3.63) is 29.3 Å². The van der Waals surface area contributed by atoms with E-state index in [2.05, 4.69) is 15.9 Å². The predicted octanol–water partition coefficient (Wildman–Crippen LogP) is 2.85. The molecule has 17 heavy (non-hydrogen) atoms. The molecular formula is C13H15BrO3. The molecule has 1 atom stereocenters. The number of methoxy groups -OCH3 is 1. The lowest BCUT2D eigenvalue weighted by Gasteiger charge is -2.13. The highest BCUT2D eigenvalue weighted by atomic mass is 79.9. The minimum Gasteiger partial charge on any atom is -0.496 e. The molecule has 1 aromatic rings. The third-order valence-corrected chi connectivity index (χ3v) is 3.46. The third kappa shape index (κ3) is 3.16. The first kappa shape index (κ1) is 13.9. The smallest absolute Gasteiger partial charge is 0.216 e. The number of ether oxygens (including phenoxy) is 1. The number of carbonyl (C=O) groups excluding carboxylic acids is 2. The highest BCUT2D eigenvalue weighted by molar-refractivity contribution is 9.09. The second-order valence-corrected chi connectivity index (χ2v) is 4.63. The summed E-state index contributed by atoms with van der Waals surface area (Å²) < 4.78 is 5.20. The third-order valence-electron chi connectivity index (χ3n) is 2.55. The van der Waals surface area contributed by atoms with Gasteiger partial charge in [0.25, 0.3) is 0 Å². The van der Waals surface area contributed by atoms with Crippen LogP contribution in [-0.4, -0.2) is 18.7 Å². The number of alkyl halides is 1. The average Bonchev–Trinajstić information content (AvgIpc) is 2.35. The van der Waals surface area contributed by atoms with Gasteiger partial charge in [-0.1, -0.05) is 35.0 Å². The molecule has 1 unspecified atom stereocenters. The van der Waals surface area contributed by atoms with E-state index in [0.29, 0.717) is 11.3 Å². The zero-order chi connectivity index (χ0) is 13.0. The lowest BCUT2D eigenvalue weighted by Crippen LogP contribution is -2.16. The average molecular weight is 299 g/mol. The lowest BCUT2D eigenvalue weighted by molar-refractivity contribution is -0.135. The molecule has 0 aliphatic rings. The number of halogens is 1. The molecule has 0 fully saturated rings. The standard InChI is InChI=1S/C13H15BrO3/c1-4-9-5-6-11(17-3)10(7-9)12(14)13(16)8(2)15/h5-7,12H,4H2,1-3H3. The van der Waals surface area contributed by atoms with E-state index in [9.17, 15) is 9.59 Å². The first-order chi connectivity index (χ1) is 8.01. The molecule has 0 heterocycles. The highest BCUT2D eigenvalue weighted by Crippen LogP contribution is 2.33. The quantitative estimate of drug-likeness (QED) is 0.620. The summed E-state index contributed by atoms with van der Waals surface area (Å²) in [6.45, 7) is 3.30. The fourth-order valence-electron chi connectivity index (χ4n) is 1.52. The number of benzene rings is 1. The van der Waals surface area contributed by atoms with E-state index in [4.69, 9.17) is 4.74 Å². The molecule has 0 aromatic heterocycles. The number of Topliss-reactive ketones (excluding diaryl/α,β-unsaturated/α-hetero) is 2. The summed E-state index contributed by atoms with van der Waals surface area (Å²) in [5, 5.41) is 0. The van der Waals surface area contributed by atoms with E-state index in [1.807, 2.05) is 25.1 Å². The van der Waals surface area contributed by atoms with E-state index < -0.39 is 16.4 Å². The van der Waals surface area contributed by atoms with Crippen molar-refractivity contribution in [2.24, 2.45) is 0 Å². The second kappa shape index (κ2) is 5.96. The van der Waals surface area contributed by atoms with Crippen LogP contribution in [0.15, 0.2) is 18.2 Å². The van der Waals surface area contributed by atoms with Crippen molar-refractivity contribution in [3.8, 4) is 5.75 Å². The van der Waals surface area contributed by atoms with Gasteiger partial charge in [0.2, 0.25) is 5.78 Å². The van der Waals surface area contributed by atoms with Crippen molar-refractivity contribution in [2.45, 2.75) is 25.1 Å². The highest BCUT2D eigenvalue weighted by Gasteiger charge is 2.24. The van der Waals surface area contributed by atoms with Crippen molar-refractivity contribution in [3.63, 3.8) is 0 Å². The number of aryl methyl sites for hydroxylation is 1. The van der Waals surface area contributed by atoms with Crippen LogP contribution in [-0.2, 0) is 16.0 Å². The fraction of sp³-hybridized carbons (Fsp3) is 0.385. The molecule has 1 rings (SSSR count). The van der Waals surface area contributed by atoms with E-state index >= 15 is 0 Å². The summed E-state index contributed by atoms with van der Waals surface area (Å²) in [6.07, 6.45) is 0.866. The van der Waals surface area contributed by atoms with Crippen LogP contribution in [0.25, 0.3) is 0 Å². The van der Waals surface area contributed by atoms with Crippen LogP contribution in [0.1, 0.15) is 29.8 Å². The first-order valence-electron chi connectivity index (χ1n) is 5.36. The van der Waals surface area contributed by atoms with Crippen LogP contribution in [0.4, 0.5) is 0 Å². The summed E-state index contributed by atoms with van der Waals surface area (Å²) in [5.41, 5.74) is 1.80. The van der Waals surface area contributed by atoms with Crippen molar-refractivity contribution in [1.82, 2.24) is 0 Å². The molecule has 92 valence electrons. The fourth-order valence-corrected chi connectivity index (χ4v) is 2.20. The Morgan fingerprint density at radius 2 is 2.06 bits per heavy atom. The Balaban J connectivity index is 3.18. The van der Waals surface area contributed by atoms with Gasteiger partial charge in [-0.25, -0.2) is 0 Å². The Labute approximate surface area is 109 Å². The van der Waals surface area contributed by atoms with Gasteiger partial charge in [0.05, 0.1) is 7.11 Å². The largest absolute Gasteiger partial charge is 0.496 e. The van der Waals surface area contributed by atoms with Gasteiger partial charge in [-0.3, -0.25) is 9.59 Å². The number of hydrogen-bond acceptors (Lipinski definition) is 3. The van der Waals surface area contributed by atoms with E-state index in [-0.39, 0.29) is 0 Å². The Bertz CT molecular complexity index is 440. The first-order valence-corrected chi connectivity index (χ1v) is 6.28. The molecule has 0 saturated carbocycles. The number of rotatable bonds is 5.